The van der Waals surface area contributed by atoms with Gasteiger partial charge < -0.3 is 5.32 Å². The van der Waals surface area contributed by atoms with E-state index in [1.54, 1.807) is 28.9 Å². The molecule has 0 unspecified atom stereocenters. The molecule has 2 aromatic carbocycles. The zero-order valence-corrected chi connectivity index (χ0v) is 14.9. The fraction of sp³-hybridized carbons (Fsp3) is 0.167. The zero-order chi connectivity index (χ0) is 18.4. The summed E-state index contributed by atoms with van der Waals surface area (Å²) in [6, 6.07) is 16.5. The fourth-order valence-corrected chi connectivity index (χ4v) is 3.04. The Morgan fingerprint density at radius 2 is 1.92 bits per heavy atom. The van der Waals surface area contributed by atoms with Crippen molar-refractivity contribution in [1.82, 2.24) is 20.2 Å². The molecule has 1 heterocycles. The molecule has 0 radical (unpaired) electrons. The van der Waals surface area contributed by atoms with Gasteiger partial charge in [0.25, 0.3) is 0 Å². The summed E-state index contributed by atoms with van der Waals surface area (Å²) in [6.07, 6.45) is 0. The zero-order valence-electron chi connectivity index (χ0n) is 14.1. The van der Waals surface area contributed by atoms with Crippen molar-refractivity contribution in [2.24, 2.45) is 0 Å². The standard InChI is InChI=1S/C18H17N5O2S/c1-13(24)14-6-5-7-15(10-14)19-18(25)12-26-11-17-20-21-22-23(17)16-8-3-2-4-9-16/h2-10H,11-12H2,1H3,(H,19,25). The van der Waals surface area contributed by atoms with E-state index in [2.05, 4.69) is 20.8 Å². The first-order valence-corrected chi connectivity index (χ1v) is 9.10. The number of tetrazole rings is 1. The predicted octanol–water partition coefficient (Wildman–Crippen LogP) is 2.74. The number of anilines is 1. The van der Waals surface area contributed by atoms with Gasteiger partial charge in [0.15, 0.2) is 11.6 Å². The molecule has 0 fully saturated rings. The van der Waals surface area contributed by atoms with Gasteiger partial charge in [-0.3, -0.25) is 9.59 Å². The molecule has 1 aromatic heterocycles. The first-order valence-electron chi connectivity index (χ1n) is 7.95. The van der Waals surface area contributed by atoms with Gasteiger partial charge in [0, 0.05) is 11.3 Å². The van der Waals surface area contributed by atoms with Crippen molar-refractivity contribution in [1.29, 1.82) is 0 Å². The molecule has 0 aliphatic heterocycles. The third-order valence-corrected chi connectivity index (χ3v) is 4.48. The maximum absolute atomic E-state index is 12.1. The summed E-state index contributed by atoms with van der Waals surface area (Å²) in [5.41, 5.74) is 2.05. The summed E-state index contributed by atoms with van der Waals surface area (Å²) in [4.78, 5) is 23.5. The Hall–Kier alpha value is -3.00. The Morgan fingerprint density at radius 1 is 1.12 bits per heavy atom. The van der Waals surface area contributed by atoms with Gasteiger partial charge in [0.2, 0.25) is 5.91 Å². The fourth-order valence-electron chi connectivity index (χ4n) is 2.31. The number of ketones is 1. The molecule has 0 bridgehead atoms. The van der Waals surface area contributed by atoms with E-state index in [4.69, 9.17) is 0 Å². The molecular weight excluding hydrogens is 350 g/mol. The first kappa shape index (κ1) is 17.8. The maximum Gasteiger partial charge on any atom is 0.234 e. The number of hydrogen-bond donors (Lipinski definition) is 1. The van der Waals surface area contributed by atoms with Crippen LogP contribution in [0.2, 0.25) is 0 Å². The smallest absolute Gasteiger partial charge is 0.234 e. The highest BCUT2D eigenvalue weighted by atomic mass is 32.2. The summed E-state index contributed by atoms with van der Waals surface area (Å²) in [6.45, 7) is 1.49. The van der Waals surface area contributed by atoms with E-state index >= 15 is 0 Å². The van der Waals surface area contributed by atoms with Gasteiger partial charge in [-0.15, -0.1) is 16.9 Å². The van der Waals surface area contributed by atoms with Crippen LogP contribution >= 0.6 is 11.8 Å². The molecule has 3 aromatic rings. The largest absolute Gasteiger partial charge is 0.325 e. The monoisotopic (exact) mass is 367 g/mol. The number of hydrogen-bond acceptors (Lipinski definition) is 6. The van der Waals surface area contributed by atoms with Crippen LogP contribution in [-0.4, -0.2) is 37.7 Å². The number of carbonyl (C=O) groups excluding carboxylic acids is 2. The number of rotatable bonds is 7. The lowest BCUT2D eigenvalue weighted by atomic mass is 10.1. The Bertz CT molecular complexity index is 911. The van der Waals surface area contributed by atoms with Gasteiger partial charge >= 0.3 is 0 Å². The number of thioether (sulfide) groups is 1. The Labute approximate surface area is 154 Å². The van der Waals surface area contributed by atoms with Gasteiger partial charge in [-0.05, 0) is 41.6 Å². The minimum absolute atomic E-state index is 0.0387. The lowest BCUT2D eigenvalue weighted by molar-refractivity contribution is -0.113. The van der Waals surface area contributed by atoms with Crippen LogP contribution in [0, 0.1) is 0 Å². The van der Waals surface area contributed by atoms with E-state index in [1.165, 1.54) is 18.7 Å². The molecule has 7 nitrogen and oxygen atoms in total. The molecule has 0 saturated carbocycles. The van der Waals surface area contributed by atoms with Gasteiger partial charge in [-0.2, -0.15) is 4.68 Å². The molecule has 26 heavy (non-hydrogen) atoms. The average Bonchev–Trinajstić information content (AvgIpc) is 3.11. The van der Waals surface area contributed by atoms with Crippen molar-refractivity contribution >= 4 is 29.1 Å². The second kappa shape index (κ2) is 8.39. The highest BCUT2D eigenvalue weighted by molar-refractivity contribution is 7.99. The van der Waals surface area contributed by atoms with E-state index < -0.39 is 0 Å². The summed E-state index contributed by atoms with van der Waals surface area (Å²) in [7, 11) is 0. The van der Waals surface area contributed by atoms with E-state index in [9.17, 15) is 9.59 Å². The second-order valence-electron chi connectivity index (χ2n) is 5.52. The Morgan fingerprint density at radius 3 is 2.69 bits per heavy atom. The number of para-hydroxylation sites is 1. The molecule has 3 rings (SSSR count). The van der Waals surface area contributed by atoms with Crippen LogP contribution in [0.15, 0.2) is 54.6 Å². The molecule has 0 atom stereocenters. The van der Waals surface area contributed by atoms with Crippen LogP contribution in [0.1, 0.15) is 23.1 Å². The number of Topliss-reactive ketones (excluding diaryl/α,β-unsaturated/α-hetero) is 1. The predicted molar refractivity (Wildman–Crippen MR) is 100 cm³/mol. The average molecular weight is 367 g/mol. The number of carbonyl (C=O) groups is 2. The summed E-state index contributed by atoms with van der Waals surface area (Å²) >= 11 is 1.42. The van der Waals surface area contributed by atoms with Crippen molar-refractivity contribution < 1.29 is 9.59 Å². The maximum atomic E-state index is 12.1. The highest BCUT2D eigenvalue weighted by Gasteiger charge is 2.10. The molecule has 8 heteroatoms. The van der Waals surface area contributed by atoms with Gasteiger partial charge in [0.1, 0.15) is 0 Å². The molecule has 132 valence electrons. The minimum atomic E-state index is -0.144. The van der Waals surface area contributed by atoms with Crippen molar-refractivity contribution in [2.45, 2.75) is 12.7 Å². The molecule has 0 spiro atoms. The van der Waals surface area contributed by atoms with Crippen LogP contribution in [-0.2, 0) is 10.5 Å². The lowest BCUT2D eigenvalue weighted by Gasteiger charge is -2.07. The van der Waals surface area contributed by atoms with Crippen molar-refractivity contribution in [3.8, 4) is 5.69 Å². The second-order valence-corrected chi connectivity index (χ2v) is 6.51. The van der Waals surface area contributed by atoms with E-state index in [0.717, 1.165) is 5.69 Å². The van der Waals surface area contributed by atoms with Crippen LogP contribution in [0.3, 0.4) is 0 Å². The van der Waals surface area contributed by atoms with Crippen LogP contribution in [0.4, 0.5) is 5.69 Å². The van der Waals surface area contributed by atoms with Gasteiger partial charge in [-0.1, -0.05) is 30.3 Å². The van der Waals surface area contributed by atoms with Crippen molar-refractivity contribution in [3.05, 3.63) is 66.0 Å². The van der Waals surface area contributed by atoms with Gasteiger partial charge in [-0.25, -0.2) is 0 Å². The molecule has 1 N–H and O–H groups in total. The lowest BCUT2D eigenvalue weighted by Crippen LogP contribution is -2.15. The Kier molecular flexibility index (Phi) is 5.75. The topological polar surface area (TPSA) is 89.8 Å². The third kappa shape index (κ3) is 4.54. The van der Waals surface area contributed by atoms with Crippen LogP contribution in [0.5, 0.6) is 0 Å². The number of nitrogens with zero attached hydrogens (tertiary/aromatic N) is 4. The minimum Gasteiger partial charge on any atom is -0.325 e. The quantitative estimate of drug-likeness (QED) is 0.646. The van der Waals surface area contributed by atoms with E-state index in [1.807, 2.05) is 30.3 Å². The normalized spacial score (nSPS) is 10.5. The summed E-state index contributed by atoms with van der Waals surface area (Å²) < 4.78 is 1.65. The van der Waals surface area contributed by atoms with E-state index in [0.29, 0.717) is 22.8 Å². The third-order valence-electron chi connectivity index (χ3n) is 3.55. The van der Waals surface area contributed by atoms with Crippen molar-refractivity contribution in [2.75, 3.05) is 11.1 Å². The van der Waals surface area contributed by atoms with Gasteiger partial charge in [0.05, 0.1) is 17.2 Å². The summed E-state index contributed by atoms with van der Waals surface area (Å²) in [5.74, 6) is 1.25. The molecule has 0 aliphatic rings. The SMILES string of the molecule is CC(=O)c1cccc(NC(=O)CSCc2nnnn2-c2ccccc2)c1. The van der Waals surface area contributed by atoms with E-state index in [-0.39, 0.29) is 17.4 Å². The van der Waals surface area contributed by atoms with Crippen LogP contribution in [0.25, 0.3) is 5.69 Å². The molecule has 0 aliphatic carbocycles. The molecule has 0 saturated heterocycles. The van der Waals surface area contributed by atoms with Crippen molar-refractivity contribution in [3.63, 3.8) is 0 Å². The molecular formula is C18H17N5O2S. The number of nitrogens with one attached hydrogen (secondary N) is 1. The number of amides is 1. The number of aromatic nitrogens is 4. The van der Waals surface area contributed by atoms with Crippen LogP contribution < -0.4 is 5.32 Å². The highest BCUT2D eigenvalue weighted by Crippen LogP contribution is 2.15. The summed E-state index contributed by atoms with van der Waals surface area (Å²) in [5, 5.41) is 14.5. The number of benzene rings is 2. The Balaban J connectivity index is 1.54. The first-order chi connectivity index (χ1) is 12.6. The molecule has 1 amide bonds.